The first-order chi connectivity index (χ1) is 9.47. The normalized spacial score (nSPS) is 18.9. The standard InChI is InChI=1S/C15H23NO2S2/c1-12(16-11-13-7-9-19-10-8-13)14-3-5-15(6-4-14)20(2,17)18/h3-6,12-13,16H,7-11H2,1-2H3. The van der Waals surface area contributed by atoms with E-state index < -0.39 is 9.84 Å². The van der Waals surface area contributed by atoms with Gasteiger partial charge in [-0.3, -0.25) is 0 Å². The van der Waals surface area contributed by atoms with E-state index in [4.69, 9.17) is 0 Å². The summed E-state index contributed by atoms with van der Waals surface area (Å²) in [6.07, 6.45) is 3.85. The van der Waals surface area contributed by atoms with Gasteiger partial charge in [0.15, 0.2) is 9.84 Å². The highest BCUT2D eigenvalue weighted by Gasteiger charge is 2.15. The van der Waals surface area contributed by atoms with Gasteiger partial charge < -0.3 is 5.32 Å². The Morgan fingerprint density at radius 1 is 1.25 bits per heavy atom. The van der Waals surface area contributed by atoms with Gasteiger partial charge in [-0.1, -0.05) is 12.1 Å². The first-order valence-electron chi connectivity index (χ1n) is 7.08. The molecule has 0 aromatic heterocycles. The second-order valence-corrected chi connectivity index (χ2v) is 8.77. The Morgan fingerprint density at radius 2 is 1.85 bits per heavy atom. The second kappa shape index (κ2) is 6.96. The van der Waals surface area contributed by atoms with Crippen molar-refractivity contribution in [1.82, 2.24) is 5.32 Å². The zero-order valence-electron chi connectivity index (χ0n) is 12.1. The molecule has 0 aliphatic carbocycles. The molecule has 1 fully saturated rings. The summed E-state index contributed by atoms with van der Waals surface area (Å²) in [7, 11) is -3.10. The first kappa shape index (κ1) is 15.9. The molecule has 1 aromatic rings. The molecule has 2 rings (SSSR count). The molecule has 1 heterocycles. The Bertz CT molecular complexity index is 519. The third-order valence-corrected chi connectivity index (χ3v) is 6.04. The number of sulfone groups is 1. The van der Waals surface area contributed by atoms with Crippen molar-refractivity contribution in [3.63, 3.8) is 0 Å². The highest BCUT2D eigenvalue weighted by molar-refractivity contribution is 7.99. The third-order valence-electron chi connectivity index (χ3n) is 3.86. The van der Waals surface area contributed by atoms with Crippen molar-refractivity contribution in [3.8, 4) is 0 Å². The number of nitrogens with one attached hydrogen (secondary N) is 1. The molecule has 0 bridgehead atoms. The summed E-state index contributed by atoms with van der Waals surface area (Å²) in [6.45, 7) is 3.18. The van der Waals surface area contributed by atoms with Gasteiger partial charge >= 0.3 is 0 Å². The Labute approximate surface area is 126 Å². The summed E-state index contributed by atoms with van der Waals surface area (Å²) in [6, 6.07) is 7.47. The van der Waals surface area contributed by atoms with Crippen molar-refractivity contribution in [2.24, 2.45) is 5.92 Å². The number of rotatable bonds is 5. The van der Waals surface area contributed by atoms with Crippen LogP contribution in [0.15, 0.2) is 29.2 Å². The summed E-state index contributed by atoms with van der Waals surface area (Å²) >= 11 is 2.05. The van der Waals surface area contributed by atoms with E-state index in [0.29, 0.717) is 4.90 Å². The van der Waals surface area contributed by atoms with Crippen LogP contribution >= 0.6 is 11.8 Å². The number of hydrogen-bond acceptors (Lipinski definition) is 4. The van der Waals surface area contributed by atoms with Crippen LogP contribution in [0.25, 0.3) is 0 Å². The first-order valence-corrected chi connectivity index (χ1v) is 10.1. The van der Waals surface area contributed by atoms with Crippen LogP contribution in [0.2, 0.25) is 0 Å². The largest absolute Gasteiger partial charge is 0.310 e. The van der Waals surface area contributed by atoms with Gasteiger partial charge in [-0.15, -0.1) is 0 Å². The van der Waals surface area contributed by atoms with Gasteiger partial charge in [0, 0.05) is 12.3 Å². The average Bonchev–Trinajstić information content (AvgIpc) is 2.45. The van der Waals surface area contributed by atoms with Crippen molar-refractivity contribution in [2.45, 2.75) is 30.7 Å². The van der Waals surface area contributed by atoms with Crippen LogP contribution in [0.1, 0.15) is 31.4 Å². The van der Waals surface area contributed by atoms with Gasteiger partial charge in [-0.2, -0.15) is 11.8 Å². The molecule has 1 saturated heterocycles. The molecule has 112 valence electrons. The summed E-state index contributed by atoms with van der Waals surface area (Å²) in [4.78, 5) is 0.387. The fourth-order valence-corrected chi connectivity index (χ4v) is 4.25. The molecular weight excluding hydrogens is 290 g/mol. The number of benzene rings is 1. The zero-order chi connectivity index (χ0) is 14.6. The third kappa shape index (κ3) is 4.50. The summed E-state index contributed by atoms with van der Waals surface area (Å²) in [5.41, 5.74) is 1.14. The Morgan fingerprint density at radius 3 is 2.40 bits per heavy atom. The van der Waals surface area contributed by atoms with E-state index in [1.54, 1.807) is 12.1 Å². The highest BCUT2D eigenvalue weighted by Crippen LogP contribution is 2.23. The van der Waals surface area contributed by atoms with Gasteiger partial charge in [0.1, 0.15) is 0 Å². The van der Waals surface area contributed by atoms with E-state index >= 15 is 0 Å². The lowest BCUT2D eigenvalue weighted by molar-refractivity contribution is 0.421. The van der Waals surface area contributed by atoms with Gasteiger partial charge in [0.25, 0.3) is 0 Å². The Kier molecular flexibility index (Phi) is 5.52. The molecule has 1 N–H and O–H groups in total. The molecule has 0 radical (unpaired) electrons. The quantitative estimate of drug-likeness (QED) is 0.908. The van der Waals surface area contributed by atoms with Crippen LogP contribution in [0, 0.1) is 5.92 Å². The fourth-order valence-electron chi connectivity index (χ4n) is 2.42. The van der Waals surface area contributed by atoms with Crippen LogP contribution < -0.4 is 5.32 Å². The molecule has 0 spiro atoms. The molecule has 1 aliphatic heterocycles. The predicted molar refractivity (Wildman–Crippen MR) is 86.0 cm³/mol. The van der Waals surface area contributed by atoms with Crippen LogP contribution in [0.3, 0.4) is 0 Å². The maximum atomic E-state index is 11.4. The number of thioether (sulfide) groups is 1. The predicted octanol–water partition coefficient (Wildman–Crippen LogP) is 2.88. The maximum Gasteiger partial charge on any atom is 0.175 e. The highest BCUT2D eigenvalue weighted by atomic mass is 32.2. The van der Waals surface area contributed by atoms with Crippen molar-refractivity contribution in [1.29, 1.82) is 0 Å². The molecule has 3 nitrogen and oxygen atoms in total. The van der Waals surface area contributed by atoms with Crippen LogP contribution in [-0.4, -0.2) is 32.7 Å². The summed E-state index contributed by atoms with van der Waals surface area (Å²) < 4.78 is 22.9. The zero-order valence-corrected chi connectivity index (χ0v) is 13.8. The molecule has 1 unspecified atom stereocenters. The molecule has 20 heavy (non-hydrogen) atoms. The van der Waals surface area contributed by atoms with Crippen molar-refractivity contribution < 1.29 is 8.42 Å². The molecule has 5 heteroatoms. The van der Waals surface area contributed by atoms with Gasteiger partial charge in [0.2, 0.25) is 0 Å². The smallest absolute Gasteiger partial charge is 0.175 e. The van der Waals surface area contributed by atoms with E-state index in [0.717, 1.165) is 18.0 Å². The molecule has 1 aromatic carbocycles. The van der Waals surface area contributed by atoms with E-state index in [2.05, 4.69) is 12.2 Å². The molecule has 0 amide bonds. The molecule has 1 aliphatic rings. The monoisotopic (exact) mass is 313 g/mol. The van der Waals surface area contributed by atoms with E-state index in [1.165, 1.54) is 30.6 Å². The van der Waals surface area contributed by atoms with E-state index in [9.17, 15) is 8.42 Å². The van der Waals surface area contributed by atoms with Gasteiger partial charge in [0.05, 0.1) is 4.90 Å². The van der Waals surface area contributed by atoms with Crippen molar-refractivity contribution in [2.75, 3.05) is 24.3 Å². The average molecular weight is 313 g/mol. The summed E-state index contributed by atoms with van der Waals surface area (Å²) in [5, 5.41) is 3.57. The van der Waals surface area contributed by atoms with E-state index in [-0.39, 0.29) is 6.04 Å². The van der Waals surface area contributed by atoms with E-state index in [1.807, 2.05) is 23.9 Å². The lowest BCUT2D eigenvalue weighted by atomic mass is 10.0. The SMILES string of the molecule is CC(NCC1CCSCC1)c1ccc(S(C)(=O)=O)cc1. The van der Waals surface area contributed by atoms with Crippen LogP contribution in [0.5, 0.6) is 0 Å². The topological polar surface area (TPSA) is 46.2 Å². The van der Waals surface area contributed by atoms with Crippen molar-refractivity contribution >= 4 is 21.6 Å². The summed E-state index contributed by atoms with van der Waals surface area (Å²) in [5.74, 6) is 3.35. The molecule has 0 saturated carbocycles. The van der Waals surface area contributed by atoms with Crippen molar-refractivity contribution in [3.05, 3.63) is 29.8 Å². The number of hydrogen-bond donors (Lipinski definition) is 1. The van der Waals surface area contributed by atoms with Gasteiger partial charge in [-0.25, -0.2) is 8.42 Å². The minimum absolute atomic E-state index is 0.262. The molecule has 1 atom stereocenters. The van der Waals surface area contributed by atoms with Crippen LogP contribution in [0.4, 0.5) is 0 Å². The lowest BCUT2D eigenvalue weighted by Crippen LogP contribution is -2.28. The Balaban J connectivity index is 1.90. The Hall–Kier alpha value is -0.520. The maximum absolute atomic E-state index is 11.4. The molecular formula is C15H23NO2S2. The fraction of sp³-hybridized carbons (Fsp3) is 0.600. The van der Waals surface area contributed by atoms with Gasteiger partial charge in [-0.05, 0) is 61.4 Å². The van der Waals surface area contributed by atoms with Crippen LogP contribution in [-0.2, 0) is 9.84 Å². The minimum atomic E-state index is -3.10. The second-order valence-electron chi connectivity index (χ2n) is 5.53. The lowest BCUT2D eigenvalue weighted by Gasteiger charge is -2.24. The minimum Gasteiger partial charge on any atom is -0.310 e.